The fourth-order valence-corrected chi connectivity index (χ4v) is 2.31. The molecule has 0 aromatic rings. The topological polar surface area (TPSA) is 52.9 Å². The van der Waals surface area contributed by atoms with Gasteiger partial charge in [0.25, 0.3) is 0 Å². The summed E-state index contributed by atoms with van der Waals surface area (Å²) in [4.78, 5) is 12.2. The molecule has 1 fully saturated rings. The molecule has 0 radical (unpaired) electrons. The zero-order valence-electron chi connectivity index (χ0n) is 10.6. The van der Waals surface area contributed by atoms with Crippen molar-refractivity contribution in [3.63, 3.8) is 0 Å². The molecule has 0 aromatic carbocycles. The van der Waals surface area contributed by atoms with Crippen LogP contribution in [0, 0.1) is 16.7 Å². The number of rotatable bonds is 5. The van der Waals surface area contributed by atoms with Crippen molar-refractivity contribution >= 4 is 5.91 Å². The summed E-state index contributed by atoms with van der Waals surface area (Å²) in [6.45, 7) is 5.92. The van der Waals surface area contributed by atoms with Crippen LogP contribution in [0.5, 0.6) is 0 Å². The van der Waals surface area contributed by atoms with E-state index in [0.29, 0.717) is 12.8 Å². The summed E-state index contributed by atoms with van der Waals surface area (Å²) >= 11 is 0. The van der Waals surface area contributed by atoms with Gasteiger partial charge in [-0.2, -0.15) is 5.26 Å². The second-order valence-electron chi connectivity index (χ2n) is 4.84. The van der Waals surface area contributed by atoms with E-state index in [9.17, 15) is 10.1 Å². The van der Waals surface area contributed by atoms with Crippen molar-refractivity contribution in [2.24, 2.45) is 5.41 Å². The fraction of sp³-hybridized carbons (Fsp3) is 0.846. The third-order valence-corrected chi connectivity index (χ3v) is 4.22. The molecule has 1 saturated carbocycles. The van der Waals surface area contributed by atoms with Crippen molar-refractivity contribution in [2.75, 3.05) is 0 Å². The first-order chi connectivity index (χ1) is 7.58. The first-order valence-corrected chi connectivity index (χ1v) is 6.32. The van der Waals surface area contributed by atoms with Crippen LogP contribution in [0.2, 0.25) is 0 Å². The lowest BCUT2D eigenvalue weighted by atomic mass is 9.73. The van der Waals surface area contributed by atoms with E-state index in [2.05, 4.69) is 18.3 Å². The van der Waals surface area contributed by atoms with Crippen LogP contribution in [-0.4, -0.2) is 11.4 Å². The number of nitrogens with one attached hydrogen (secondary N) is 1. The zero-order valence-corrected chi connectivity index (χ0v) is 10.6. The first-order valence-electron chi connectivity index (χ1n) is 6.32. The van der Waals surface area contributed by atoms with Gasteiger partial charge in [-0.25, -0.2) is 0 Å². The van der Waals surface area contributed by atoms with E-state index in [1.54, 1.807) is 0 Å². The quantitative estimate of drug-likeness (QED) is 0.777. The Morgan fingerprint density at radius 3 is 2.19 bits per heavy atom. The maximum atomic E-state index is 12.2. The van der Waals surface area contributed by atoms with Crippen molar-refractivity contribution in [3.05, 3.63) is 0 Å². The lowest BCUT2D eigenvalue weighted by Gasteiger charge is -2.43. The van der Waals surface area contributed by atoms with Gasteiger partial charge in [0.15, 0.2) is 0 Å². The Kier molecular flexibility index (Phi) is 3.96. The SMILES string of the molecule is CCC1(NC(=O)C(C#N)(CC)CC)CCC1. The molecule has 0 atom stereocenters. The number of amides is 1. The molecule has 1 aliphatic carbocycles. The Labute approximate surface area is 98.2 Å². The molecule has 3 heteroatoms. The van der Waals surface area contributed by atoms with Gasteiger partial charge in [-0.3, -0.25) is 4.79 Å². The molecule has 0 unspecified atom stereocenters. The Bertz CT molecular complexity index is 290. The monoisotopic (exact) mass is 222 g/mol. The average Bonchev–Trinajstić information content (AvgIpc) is 2.26. The maximum absolute atomic E-state index is 12.2. The molecule has 1 rings (SSSR count). The van der Waals surface area contributed by atoms with Crippen LogP contribution in [0.1, 0.15) is 59.3 Å². The van der Waals surface area contributed by atoms with Crippen molar-refractivity contribution in [2.45, 2.75) is 64.8 Å². The van der Waals surface area contributed by atoms with Crippen LogP contribution < -0.4 is 5.32 Å². The van der Waals surface area contributed by atoms with Crippen LogP contribution in [0.4, 0.5) is 0 Å². The van der Waals surface area contributed by atoms with Crippen molar-refractivity contribution < 1.29 is 4.79 Å². The van der Waals surface area contributed by atoms with Gasteiger partial charge in [-0.1, -0.05) is 20.8 Å². The van der Waals surface area contributed by atoms with Gasteiger partial charge >= 0.3 is 0 Å². The molecule has 0 aromatic heterocycles. The van der Waals surface area contributed by atoms with Gasteiger partial charge in [0.2, 0.25) is 5.91 Å². The minimum absolute atomic E-state index is 0.0104. The Balaban J connectivity index is 2.74. The Morgan fingerprint density at radius 1 is 1.38 bits per heavy atom. The highest BCUT2D eigenvalue weighted by atomic mass is 16.2. The summed E-state index contributed by atoms with van der Waals surface area (Å²) in [6, 6.07) is 2.20. The highest BCUT2D eigenvalue weighted by molar-refractivity contribution is 5.86. The number of carbonyl (C=O) groups is 1. The molecule has 16 heavy (non-hydrogen) atoms. The average molecular weight is 222 g/mol. The maximum Gasteiger partial charge on any atom is 0.240 e. The molecule has 0 saturated heterocycles. The van der Waals surface area contributed by atoms with Crippen molar-refractivity contribution in [1.29, 1.82) is 5.26 Å². The third kappa shape index (κ3) is 2.07. The highest BCUT2D eigenvalue weighted by Gasteiger charge is 2.42. The number of hydrogen-bond donors (Lipinski definition) is 1. The molecule has 0 heterocycles. The second-order valence-corrected chi connectivity index (χ2v) is 4.84. The van der Waals surface area contributed by atoms with Crippen molar-refractivity contribution in [1.82, 2.24) is 5.32 Å². The van der Waals surface area contributed by atoms with Crippen LogP contribution in [0.25, 0.3) is 0 Å². The highest BCUT2D eigenvalue weighted by Crippen LogP contribution is 2.36. The van der Waals surface area contributed by atoms with Crippen LogP contribution in [0.15, 0.2) is 0 Å². The predicted octanol–water partition coefficient (Wildman–Crippen LogP) is 2.77. The standard InChI is InChI=1S/C13H22N2O/c1-4-12(5-2,10-14)11(16)15-13(6-3)8-7-9-13/h4-9H2,1-3H3,(H,15,16). The molecule has 3 nitrogen and oxygen atoms in total. The van der Waals surface area contributed by atoms with Crippen LogP contribution >= 0.6 is 0 Å². The van der Waals surface area contributed by atoms with Gasteiger partial charge in [-0.15, -0.1) is 0 Å². The lowest BCUT2D eigenvalue weighted by Crippen LogP contribution is -2.56. The molecule has 0 bridgehead atoms. The fourth-order valence-electron chi connectivity index (χ4n) is 2.31. The second kappa shape index (κ2) is 4.86. The summed E-state index contributed by atoms with van der Waals surface area (Å²) in [5, 5.41) is 12.3. The number of carbonyl (C=O) groups excluding carboxylic acids is 1. The molecule has 0 aliphatic heterocycles. The number of nitrogens with zero attached hydrogens (tertiary/aromatic N) is 1. The molecule has 1 N–H and O–H groups in total. The van der Waals surface area contributed by atoms with Gasteiger partial charge in [-0.05, 0) is 38.5 Å². The lowest BCUT2D eigenvalue weighted by molar-refractivity contribution is -0.131. The Hall–Kier alpha value is -1.04. The van der Waals surface area contributed by atoms with Gasteiger partial charge in [0, 0.05) is 5.54 Å². The molecule has 1 amide bonds. The Morgan fingerprint density at radius 2 is 1.94 bits per heavy atom. The summed E-state index contributed by atoms with van der Waals surface area (Å²) in [7, 11) is 0. The summed E-state index contributed by atoms with van der Waals surface area (Å²) < 4.78 is 0. The first kappa shape index (κ1) is 13.0. The molecule has 90 valence electrons. The third-order valence-electron chi connectivity index (χ3n) is 4.22. The summed E-state index contributed by atoms with van der Waals surface area (Å²) in [5.41, 5.74) is -0.832. The zero-order chi connectivity index (χ0) is 12.2. The molecular formula is C13H22N2O. The van der Waals surface area contributed by atoms with E-state index in [1.807, 2.05) is 13.8 Å². The normalized spacial score (nSPS) is 18.4. The summed E-state index contributed by atoms with van der Waals surface area (Å²) in [5.74, 6) is -0.0680. The van der Waals surface area contributed by atoms with Gasteiger partial charge in [0.1, 0.15) is 5.41 Å². The van der Waals surface area contributed by atoms with E-state index in [1.165, 1.54) is 6.42 Å². The van der Waals surface area contributed by atoms with E-state index in [4.69, 9.17) is 0 Å². The molecular weight excluding hydrogens is 200 g/mol. The van der Waals surface area contributed by atoms with Crippen molar-refractivity contribution in [3.8, 4) is 6.07 Å². The van der Waals surface area contributed by atoms with E-state index in [0.717, 1.165) is 19.3 Å². The number of hydrogen-bond acceptors (Lipinski definition) is 2. The minimum Gasteiger partial charge on any atom is -0.349 e. The summed E-state index contributed by atoms with van der Waals surface area (Å²) in [6.07, 6.45) is 5.45. The van der Waals surface area contributed by atoms with Gasteiger partial charge in [0.05, 0.1) is 6.07 Å². The largest absolute Gasteiger partial charge is 0.349 e. The smallest absolute Gasteiger partial charge is 0.240 e. The van der Waals surface area contributed by atoms with Gasteiger partial charge < -0.3 is 5.32 Å². The minimum atomic E-state index is -0.822. The molecule has 1 aliphatic rings. The van der Waals surface area contributed by atoms with Crippen LogP contribution in [-0.2, 0) is 4.79 Å². The van der Waals surface area contributed by atoms with E-state index in [-0.39, 0.29) is 11.4 Å². The van der Waals surface area contributed by atoms with E-state index < -0.39 is 5.41 Å². The molecule has 0 spiro atoms. The predicted molar refractivity (Wildman–Crippen MR) is 63.6 cm³/mol. The van der Waals surface area contributed by atoms with E-state index >= 15 is 0 Å². The number of nitriles is 1. The van der Waals surface area contributed by atoms with Crippen LogP contribution in [0.3, 0.4) is 0 Å².